The van der Waals surface area contributed by atoms with Crippen LogP contribution in [0.2, 0.25) is 0 Å². The van der Waals surface area contributed by atoms with Gasteiger partial charge < -0.3 is 10.7 Å². The zero-order valence-corrected chi connectivity index (χ0v) is 11.6. The fourth-order valence-corrected chi connectivity index (χ4v) is 3.27. The van der Waals surface area contributed by atoms with E-state index in [1.54, 1.807) is 11.8 Å². The largest absolute Gasteiger partial charge is 0.349 e. The van der Waals surface area contributed by atoms with Crippen LogP contribution in [0.15, 0.2) is 64.5 Å². The molecule has 0 saturated heterocycles. The summed E-state index contributed by atoms with van der Waals surface area (Å²) >= 11 is 1.73. The first-order valence-electron chi connectivity index (χ1n) is 6.34. The monoisotopic (exact) mass is 268 g/mol. The Morgan fingerprint density at radius 1 is 1.05 bits per heavy atom. The zero-order valence-electron chi connectivity index (χ0n) is 10.8. The van der Waals surface area contributed by atoms with E-state index in [1.807, 2.05) is 19.1 Å². The Morgan fingerprint density at radius 3 is 2.58 bits per heavy atom. The molecule has 0 bridgehead atoms. The van der Waals surface area contributed by atoms with Gasteiger partial charge >= 0.3 is 0 Å². The number of rotatable bonds is 3. The third-order valence-corrected chi connectivity index (χ3v) is 4.17. The van der Waals surface area contributed by atoms with Gasteiger partial charge in [-0.05, 0) is 30.7 Å². The van der Waals surface area contributed by atoms with E-state index in [-0.39, 0.29) is 6.04 Å². The van der Waals surface area contributed by atoms with E-state index in [4.69, 9.17) is 5.73 Å². The highest BCUT2D eigenvalue weighted by atomic mass is 32.2. The van der Waals surface area contributed by atoms with Crippen LogP contribution in [-0.4, -0.2) is 4.98 Å². The molecule has 0 radical (unpaired) electrons. The molecule has 0 fully saturated rings. The van der Waals surface area contributed by atoms with Crippen LogP contribution in [0.4, 0.5) is 0 Å². The predicted molar refractivity (Wildman–Crippen MR) is 81.5 cm³/mol. The second-order valence-electron chi connectivity index (χ2n) is 4.65. The minimum absolute atomic E-state index is 0.0491. The summed E-state index contributed by atoms with van der Waals surface area (Å²) in [4.78, 5) is 4.64. The number of hydrogen-bond donors (Lipinski definition) is 2. The Labute approximate surface area is 117 Å². The van der Waals surface area contributed by atoms with Gasteiger partial charge in [-0.25, -0.2) is 0 Å². The number of aromatic nitrogens is 1. The lowest BCUT2D eigenvalue weighted by molar-refractivity contribution is 0.797. The van der Waals surface area contributed by atoms with E-state index in [0.29, 0.717) is 0 Å². The normalized spacial score (nSPS) is 12.7. The molecule has 1 unspecified atom stereocenters. The van der Waals surface area contributed by atoms with E-state index >= 15 is 0 Å². The minimum atomic E-state index is 0.0491. The fraction of sp³-hybridized carbons (Fsp3) is 0.125. The van der Waals surface area contributed by atoms with Crippen LogP contribution in [0.1, 0.15) is 18.5 Å². The summed E-state index contributed by atoms with van der Waals surface area (Å²) in [6.45, 7) is 2.02. The molecule has 0 aliphatic carbocycles. The number of fused-ring (bicyclic) bond motifs is 1. The van der Waals surface area contributed by atoms with Crippen molar-refractivity contribution < 1.29 is 0 Å². The molecule has 1 aromatic heterocycles. The van der Waals surface area contributed by atoms with Crippen LogP contribution in [-0.2, 0) is 0 Å². The predicted octanol–water partition coefficient (Wildman–Crippen LogP) is 4.34. The lowest BCUT2D eigenvalue weighted by Gasteiger charge is -2.10. The molecule has 0 aliphatic rings. The summed E-state index contributed by atoms with van der Waals surface area (Å²) in [6.07, 6.45) is 0. The first kappa shape index (κ1) is 12.3. The molecule has 96 valence electrons. The van der Waals surface area contributed by atoms with Crippen molar-refractivity contribution >= 4 is 22.7 Å². The van der Waals surface area contributed by atoms with Crippen molar-refractivity contribution in [2.24, 2.45) is 5.73 Å². The highest BCUT2D eigenvalue weighted by molar-refractivity contribution is 7.99. The average molecular weight is 268 g/mol. The molecule has 2 nitrogen and oxygen atoms in total. The average Bonchev–Trinajstić information content (AvgIpc) is 2.81. The molecule has 19 heavy (non-hydrogen) atoms. The van der Waals surface area contributed by atoms with Crippen molar-refractivity contribution in [2.45, 2.75) is 22.9 Å². The molecule has 3 rings (SSSR count). The second-order valence-corrected chi connectivity index (χ2v) is 5.73. The molecule has 0 saturated carbocycles. The zero-order chi connectivity index (χ0) is 13.2. The van der Waals surface area contributed by atoms with Gasteiger partial charge in [0.15, 0.2) is 0 Å². The number of nitrogens with two attached hydrogens (primary N) is 1. The molecule has 3 heteroatoms. The van der Waals surface area contributed by atoms with Crippen molar-refractivity contribution in [2.75, 3.05) is 0 Å². The maximum absolute atomic E-state index is 6.02. The van der Waals surface area contributed by atoms with E-state index < -0.39 is 0 Å². The molecule has 1 atom stereocenters. The van der Waals surface area contributed by atoms with Crippen molar-refractivity contribution in [1.82, 2.24) is 4.98 Å². The highest BCUT2D eigenvalue weighted by Gasteiger charge is 2.09. The van der Waals surface area contributed by atoms with E-state index in [9.17, 15) is 0 Å². The molecule has 3 N–H and O–H groups in total. The van der Waals surface area contributed by atoms with Crippen molar-refractivity contribution in [3.05, 3.63) is 60.2 Å². The molecule has 0 amide bonds. The number of H-pyrrole nitrogens is 1. The van der Waals surface area contributed by atoms with Gasteiger partial charge in [-0.1, -0.05) is 48.2 Å². The van der Waals surface area contributed by atoms with E-state index in [2.05, 4.69) is 47.4 Å². The molecule has 3 aromatic rings. The lowest BCUT2D eigenvalue weighted by Crippen LogP contribution is -2.05. The third kappa shape index (κ3) is 2.53. The fourth-order valence-electron chi connectivity index (χ4n) is 2.17. The SMILES string of the molecule is CC(N)c1ccccc1Sc1cc2ccccc2[nH]1. The highest BCUT2D eigenvalue weighted by Crippen LogP contribution is 2.33. The minimum Gasteiger partial charge on any atom is -0.349 e. The summed E-state index contributed by atoms with van der Waals surface area (Å²) in [5.74, 6) is 0. The van der Waals surface area contributed by atoms with Gasteiger partial charge in [-0.2, -0.15) is 0 Å². The number of hydrogen-bond acceptors (Lipinski definition) is 2. The molecule has 0 spiro atoms. The van der Waals surface area contributed by atoms with Gasteiger partial charge in [0, 0.05) is 21.8 Å². The van der Waals surface area contributed by atoms with Crippen LogP contribution in [0.3, 0.4) is 0 Å². The summed E-state index contributed by atoms with van der Waals surface area (Å²) in [6, 6.07) is 18.8. The summed E-state index contributed by atoms with van der Waals surface area (Å²) in [5.41, 5.74) is 8.38. The van der Waals surface area contributed by atoms with Gasteiger partial charge in [0.1, 0.15) is 0 Å². The Hall–Kier alpha value is -1.71. The third-order valence-electron chi connectivity index (χ3n) is 3.13. The topological polar surface area (TPSA) is 41.8 Å². The Kier molecular flexibility index (Phi) is 3.32. The molecule has 1 heterocycles. The van der Waals surface area contributed by atoms with Crippen LogP contribution in [0.25, 0.3) is 10.9 Å². The molecule has 2 aromatic carbocycles. The number of nitrogens with one attached hydrogen (secondary N) is 1. The Bertz CT molecular complexity index is 668. The molecule has 0 aliphatic heterocycles. The van der Waals surface area contributed by atoms with Gasteiger partial charge in [0.05, 0.1) is 5.03 Å². The van der Waals surface area contributed by atoms with Crippen LogP contribution < -0.4 is 5.73 Å². The van der Waals surface area contributed by atoms with Gasteiger partial charge in [0.25, 0.3) is 0 Å². The first-order valence-corrected chi connectivity index (χ1v) is 7.16. The van der Waals surface area contributed by atoms with Crippen LogP contribution in [0.5, 0.6) is 0 Å². The standard InChI is InChI=1S/C16H16N2S/c1-11(17)13-7-3-5-9-15(13)19-16-10-12-6-2-4-8-14(12)18-16/h2-11,18H,17H2,1H3. The van der Waals surface area contributed by atoms with E-state index in [0.717, 1.165) is 5.03 Å². The molecular weight excluding hydrogens is 252 g/mol. The molecular formula is C16H16N2S. The number of benzene rings is 2. The Morgan fingerprint density at radius 2 is 1.79 bits per heavy atom. The summed E-state index contributed by atoms with van der Waals surface area (Å²) < 4.78 is 0. The summed E-state index contributed by atoms with van der Waals surface area (Å²) in [5, 5.41) is 2.39. The van der Waals surface area contributed by atoms with Gasteiger partial charge in [-0.15, -0.1) is 0 Å². The number of para-hydroxylation sites is 1. The lowest BCUT2D eigenvalue weighted by atomic mass is 10.1. The van der Waals surface area contributed by atoms with Crippen LogP contribution >= 0.6 is 11.8 Å². The van der Waals surface area contributed by atoms with Crippen molar-refractivity contribution in [3.8, 4) is 0 Å². The maximum Gasteiger partial charge on any atom is 0.0780 e. The second kappa shape index (κ2) is 5.11. The summed E-state index contributed by atoms with van der Waals surface area (Å²) in [7, 11) is 0. The van der Waals surface area contributed by atoms with Crippen molar-refractivity contribution in [3.63, 3.8) is 0 Å². The smallest absolute Gasteiger partial charge is 0.0780 e. The maximum atomic E-state index is 6.02. The van der Waals surface area contributed by atoms with Gasteiger partial charge in [-0.3, -0.25) is 0 Å². The van der Waals surface area contributed by atoms with Crippen molar-refractivity contribution in [1.29, 1.82) is 0 Å². The van der Waals surface area contributed by atoms with E-state index in [1.165, 1.54) is 21.4 Å². The first-order chi connectivity index (χ1) is 9.24. The van der Waals surface area contributed by atoms with Crippen LogP contribution in [0, 0.1) is 0 Å². The van der Waals surface area contributed by atoms with Gasteiger partial charge in [0.2, 0.25) is 0 Å². The quantitative estimate of drug-likeness (QED) is 0.742. The number of aromatic amines is 1. The Balaban J connectivity index is 1.97.